The van der Waals surface area contributed by atoms with Crippen LogP contribution in [0.15, 0.2) is 17.5 Å². The van der Waals surface area contributed by atoms with Crippen LogP contribution in [-0.4, -0.2) is 49.6 Å². The molecule has 1 N–H and O–H groups in total. The van der Waals surface area contributed by atoms with Crippen molar-refractivity contribution >= 4 is 23.2 Å². The fraction of sp³-hybridized carbons (Fsp3) is 0.455. The molecule has 1 aromatic rings. The molecule has 2 rings (SSSR count). The molecule has 2 heterocycles. The third-order valence-corrected chi connectivity index (χ3v) is 3.32. The minimum atomic E-state index is -0.147. The molecule has 0 aliphatic carbocycles. The van der Waals surface area contributed by atoms with Crippen LogP contribution >= 0.6 is 11.3 Å². The number of carbonyl (C=O) groups is 2. The first-order chi connectivity index (χ1) is 8.16. The predicted molar refractivity (Wildman–Crippen MR) is 64.0 cm³/mol. The first-order valence-electron chi connectivity index (χ1n) is 5.33. The maximum atomic E-state index is 11.8. The van der Waals surface area contributed by atoms with Crippen molar-refractivity contribution in [3.8, 4) is 0 Å². The monoisotopic (exact) mass is 254 g/mol. The molecule has 0 atom stereocenters. The quantitative estimate of drug-likeness (QED) is 0.842. The fourth-order valence-electron chi connectivity index (χ4n) is 1.47. The number of likely N-dealkylation sites (N-methyl/N-ethyl adjacent to an activating group) is 1. The van der Waals surface area contributed by atoms with Crippen LogP contribution in [0.4, 0.5) is 0 Å². The summed E-state index contributed by atoms with van der Waals surface area (Å²) in [5.41, 5.74) is 0. The van der Waals surface area contributed by atoms with Gasteiger partial charge < -0.3 is 15.0 Å². The Hall–Kier alpha value is -1.40. The highest BCUT2D eigenvalue weighted by Gasteiger charge is 2.22. The summed E-state index contributed by atoms with van der Waals surface area (Å²) >= 11 is 1.37. The molecule has 1 fully saturated rings. The number of nitrogens with zero attached hydrogens (tertiary/aromatic N) is 1. The van der Waals surface area contributed by atoms with Gasteiger partial charge in [0.2, 0.25) is 5.91 Å². The summed E-state index contributed by atoms with van der Waals surface area (Å²) in [5, 5.41) is 4.63. The Morgan fingerprint density at radius 1 is 1.59 bits per heavy atom. The highest BCUT2D eigenvalue weighted by molar-refractivity contribution is 7.12. The second-order valence-electron chi connectivity index (χ2n) is 3.94. The molecule has 2 amide bonds. The van der Waals surface area contributed by atoms with Crippen molar-refractivity contribution in [2.24, 2.45) is 0 Å². The van der Waals surface area contributed by atoms with E-state index in [4.69, 9.17) is 4.74 Å². The number of hydrogen-bond donors (Lipinski definition) is 1. The average Bonchev–Trinajstić information content (AvgIpc) is 2.75. The van der Waals surface area contributed by atoms with E-state index in [9.17, 15) is 9.59 Å². The smallest absolute Gasteiger partial charge is 0.264 e. The molecule has 1 aliphatic heterocycles. The second kappa shape index (κ2) is 5.29. The number of hydrogen-bond acceptors (Lipinski definition) is 4. The van der Waals surface area contributed by atoms with Crippen molar-refractivity contribution in [2.45, 2.75) is 6.04 Å². The van der Waals surface area contributed by atoms with Crippen LogP contribution in [0.1, 0.15) is 9.67 Å². The Balaban J connectivity index is 1.81. The van der Waals surface area contributed by atoms with Gasteiger partial charge in [-0.15, -0.1) is 11.3 Å². The summed E-state index contributed by atoms with van der Waals surface area (Å²) in [4.78, 5) is 25.5. The van der Waals surface area contributed by atoms with E-state index in [0.717, 1.165) is 0 Å². The van der Waals surface area contributed by atoms with Gasteiger partial charge in [0.25, 0.3) is 5.91 Å². The van der Waals surface area contributed by atoms with E-state index < -0.39 is 0 Å². The molecule has 17 heavy (non-hydrogen) atoms. The molecule has 1 aliphatic rings. The van der Waals surface area contributed by atoms with Crippen LogP contribution in [0.5, 0.6) is 0 Å². The molecular weight excluding hydrogens is 240 g/mol. The van der Waals surface area contributed by atoms with Gasteiger partial charge in [-0.25, -0.2) is 0 Å². The SMILES string of the molecule is CN(CC(=O)NC1COC1)C(=O)c1cccs1. The summed E-state index contributed by atoms with van der Waals surface area (Å²) in [6, 6.07) is 3.67. The number of thiophene rings is 1. The minimum Gasteiger partial charge on any atom is -0.377 e. The lowest BCUT2D eigenvalue weighted by atomic mass is 10.2. The van der Waals surface area contributed by atoms with Crippen molar-refractivity contribution in [2.75, 3.05) is 26.8 Å². The maximum Gasteiger partial charge on any atom is 0.264 e. The second-order valence-corrected chi connectivity index (χ2v) is 4.89. The van der Waals surface area contributed by atoms with Crippen LogP contribution in [0.3, 0.4) is 0 Å². The van der Waals surface area contributed by atoms with Crippen molar-refractivity contribution in [1.82, 2.24) is 10.2 Å². The molecule has 0 aromatic carbocycles. The molecule has 0 radical (unpaired) electrons. The molecule has 1 saturated heterocycles. The highest BCUT2D eigenvalue weighted by atomic mass is 32.1. The van der Waals surface area contributed by atoms with E-state index >= 15 is 0 Å². The lowest BCUT2D eigenvalue weighted by molar-refractivity contribution is -0.125. The third-order valence-electron chi connectivity index (χ3n) is 2.46. The van der Waals surface area contributed by atoms with Crippen molar-refractivity contribution in [1.29, 1.82) is 0 Å². The molecule has 0 unspecified atom stereocenters. The standard InChI is InChI=1S/C11H14N2O3S/c1-13(11(15)9-3-2-4-17-9)5-10(14)12-8-6-16-7-8/h2-4,8H,5-7H2,1H3,(H,12,14). The number of rotatable bonds is 4. The third kappa shape index (κ3) is 3.04. The summed E-state index contributed by atoms with van der Waals surface area (Å²) in [5.74, 6) is -0.272. The Morgan fingerprint density at radius 2 is 2.35 bits per heavy atom. The van der Waals surface area contributed by atoms with E-state index in [1.807, 2.05) is 11.4 Å². The number of carbonyl (C=O) groups excluding carboxylic acids is 2. The van der Waals surface area contributed by atoms with Crippen LogP contribution in [-0.2, 0) is 9.53 Å². The van der Waals surface area contributed by atoms with E-state index in [0.29, 0.717) is 18.1 Å². The summed E-state index contributed by atoms with van der Waals surface area (Å²) in [6.45, 7) is 1.20. The molecule has 92 valence electrons. The lowest BCUT2D eigenvalue weighted by Crippen LogP contribution is -2.51. The largest absolute Gasteiger partial charge is 0.377 e. The molecule has 0 bridgehead atoms. The van der Waals surface area contributed by atoms with Gasteiger partial charge in [-0.1, -0.05) is 6.07 Å². The van der Waals surface area contributed by atoms with Crippen LogP contribution in [0, 0.1) is 0 Å². The minimum absolute atomic E-state index is 0.0766. The van der Waals surface area contributed by atoms with Gasteiger partial charge in [-0.3, -0.25) is 9.59 Å². The Bertz CT molecular complexity index is 401. The van der Waals surface area contributed by atoms with Gasteiger partial charge in [0.05, 0.1) is 30.7 Å². The first kappa shape index (κ1) is 12.1. The van der Waals surface area contributed by atoms with Crippen molar-refractivity contribution in [3.05, 3.63) is 22.4 Å². The average molecular weight is 254 g/mol. The van der Waals surface area contributed by atoms with Crippen molar-refractivity contribution in [3.63, 3.8) is 0 Å². The van der Waals surface area contributed by atoms with Gasteiger partial charge in [0.15, 0.2) is 0 Å². The van der Waals surface area contributed by atoms with E-state index in [2.05, 4.69) is 5.32 Å². The lowest BCUT2D eigenvalue weighted by Gasteiger charge is -2.27. The first-order valence-corrected chi connectivity index (χ1v) is 6.21. The molecule has 6 heteroatoms. The topological polar surface area (TPSA) is 58.6 Å². The normalized spacial score (nSPS) is 15.1. The zero-order chi connectivity index (χ0) is 12.3. The summed E-state index contributed by atoms with van der Waals surface area (Å²) < 4.78 is 4.95. The zero-order valence-corrected chi connectivity index (χ0v) is 10.3. The van der Waals surface area contributed by atoms with Crippen molar-refractivity contribution < 1.29 is 14.3 Å². The fourth-order valence-corrected chi connectivity index (χ4v) is 2.19. The molecule has 0 saturated carbocycles. The zero-order valence-electron chi connectivity index (χ0n) is 9.51. The Labute approximate surface area is 103 Å². The number of nitrogens with one attached hydrogen (secondary N) is 1. The predicted octanol–water partition coefficient (Wildman–Crippen LogP) is 0.335. The Kier molecular flexibility index (Phi) is 3.75. The Morgan fingerprint density at radius 3 is 2.88 bits per heavy atom. The van der Waals surface area contributed by atoms with Gasteiger partial charge in [-0.05, 0) is 11.4 Å². The molecule has 1 aromatic heterocycles. The molecule has 0 spiro atoms. The molecule has 5 nitrogen and oxygen atoms in total. The number of ether oxygens (including phenoxy) is 1. The number of amides is 2. The molecular formula is C11H14N2O3S. The van der Waals surface area contributed by atoms with E-state index in [-0.39, 0.29) is 24.4 Å². The van der Waals surface area contributed by atoms with Gasteiger partial charge in [0.1, 0.15) is 0 Å². The van der Waals surface area contributed by atoms with Gasteiger partial charge in [0, 0.05) is 7.05 Å². The summed E-state index contributed by atoms with van der Waals surface area (Å²) in [6.07, 6.45) is 0. The van der Waals surface area contributed by atoms with E-state index in [1.54, 1.807) is 13.1 Å². The van der Waals surface area contributed by atoms with Gasteiger partial charge in [-0.2, -0.15) is 0 Å². The highest BCUT2D eigenvalue weighted by Crippen LogP contribution is 2.10. The maximum absolute atomic E-state index is 11.8. The van der Waals surface area contributed by atoms with Crippen LogP contribution in [0.25, 0.3) is 0 Å². The van der Waals surface area contributed by atoms with Crippen LogP contribution < -0.4 is 5.32 Å². The van der Waals surface area contributed by atoms with Gasteiger partial charge >= 0.3 is 0 Å². The van der Waals surface area contributed by atoms with E-state index in [1.165, 1.54) is 16.2 Å². The van der Waals surface area contributed by atoms with Crippen LogP contribution in [0.2, 0.25) is 0 Å². The summed E-state index contributed by atoms with van der Waals surface area (Å²) in [7, 11) is 1.62.